The lowest BCUT2D eigenvalue weighted by Gasteiger charge is -2.13. The summed E-state index contributed by atoms with van der Waals surface area (Å²) in [6.07, 6.45) is -3.95. The molecule has 5 nitrogen and oxygen atoms in total. The summed E-state index contributed by atoms with van der Waals surface area (Å²) in [5.41, 5.74) is 1.05. The van der Waals surface area contributed by atoms with Gasteiger partial charge in [-0.15, -0.1) is 12.4 Å². The Morgan fingerprint density at radius 1 is 1.22 bits per heavy atom. The van der Waals surface area contributed by atoms with Crippen molar-refractivity contribution in [1.82, 2.24) is 9.47 Å². The second-order valence-corrected chi connectivity index (χ2v) is 6.36. The average molecular weight is 409 g/mol. The number of methoxy groups -OCH3 is 2. The minimum absolute atomic E-state index is 0. The van der Waals surface area contributed by atoms with Crippen molar-refractivity contribution in [3.8, 4) is 5.75 Å². The molecule has 0 amide bonds. The number of benzene rings is 1. The number of rotatable bonds is 6. The highest BCUT2D eigenvalue weighted by atomic mass is 35.5. The molecular formula is C18H24ClF3N2O3. The van der Waals surface area contributed by atoms with Gasteiger partial charge < -0.3 is 18.9 Å². The summed E-state index contributed by atoms with van der Waals surface area (Å²) in [4.78, 5) is 13.8. The van der Waals surface area contributed by atoms with Crippen LogP contribution in [-0.2, 0) is 35.6 Å². The Kier molecular flexibility index (Phi) is 7.57. The molecule has 2 rings (SSSR count). The smallest absolute Gasteiger partial charge is 0.420 e. The van der Waals surface area contributed by atoms with Crippen molar-refractivity contribution in [2.24, 2.45) is 7.05 Å². The van der Waals surface area contributed by atoms with Crippen LogP contribution in [0.25, 0.3) is 10.9 Å². The molecule has 9 heteroatoms. The molecule has 2 aromatic rings. The zero-order valence-electron chi connectivity index (χ0n) is 15.9. The van der Waals surface area contributed by atoms with Crippen LogP contribution < -0.4 is 4.74 Å². The Morgan fingerprint density at radius 2 is 1.85 bits per heavy atom. The van der Waals surface area contributed by atoms with E-state index in [4.69, 9.17) is 9.47 Å². The van der Waals surface area contributed by atoms with E-state index in [1.165, 1.54) is 20.3 Å². The van der Waals surface area contributed by atoms with Crippen LogP contribution in [0.2, 0.25) is 0 Å². The number of fused-ring (bicyclic) bond motifs is 1. The summed E-state index contributed by atoms with van der Waals surface area (Å²) in [7, 11) is 8.02. The Hall–Kier alpha value is -1.93. The SMILES string of the molecule is COC(=O)Cc1c(CCN(C)C)n(C)c2cc(C(F)(F)F)c(OC)cc12.Cl. The Labute approximate surface area is 162 Å². The summed E-state index contributed by atoms with van der Waals surface area (Å²) in [5.74, 6) is -0.705. The largest absolute Gasteiger partial charge is 0.496 e. The molecule has 1 aromatic carbocycles. The van der Waals surface area contributed by atoms with Gasteiger partial charge in [-0.2, -0.15) is 13.2 Å². The molecule has 0 fully saturated rings. The number of esters is 1. The molecule has 0 aliphatic heterocycles. The fourth-order valence-electron chi connectivity index (χ4n) is 3.04. The predicted molar refractivity (Wildman–Crippen MR) is 99.7 cm³/mol. The van der Waals surface area contributed by atoms with E-state index in [9.17, 15) is 18.0 Å². The van der Waals surface area contributed by atoms with Gasteiger partial charge in [0.2, 0.25) is 0 Å². The van der Waals surface area contributed by atoms with Gasteiger partial charge >= 0.3 is 12.1 Å². The predicted octanol–water partition coefficient (Wildman–Crippen LogP) is 3.45. The lowest BCUT2D eigenvalue weighted by molar-refractivity contribution is -0.140. The van der Waals surface area contributed by atoms with Crippen LogP contribution in [0.1, 0.15) is 16.8 Å². The van der Waals surface area contributed by atoms with Crippen LogP contribution >= 0.6 is 12.4 Å². The van der Waals surface area contributed by atoms with E-state index < -0.39 is 17.7 Å². The van der Waals surface area contributed by atoms with Crippen molar-refractivity contribution in [1.29, 1.82) is 0 Å². The molecule has 1 heterocycles. The number of nitrogens with zero attached hydrogens (tertiary/aromatic N) is 2. The van der Waals surface area contributed by atoms with Gasteiger partial charge in [0.1, 0.15) is 5.75 Å². The Balaban J connectivity index is 0.00000364. The van der Waals surface area contributed by atoms with Crippen LogP contribution in [0.4, 0.5) is 13.2 Å². The fraction of sp³-hybridized carbons (Fsp3) is 0.500. The van der Waals surface area contributed by atoms with Gasteiger partial charge in [0.15, 0.2) is 0 Å². The highest BCUT2D eigenvalue weighted by molar-refractivity contribution is 5.91. The number of likely N-dealkylation sites (N-methyl/N-ethyl adjacent to an activating group) is 1. The van der Waals surface area contributed by atoms with E-state index in [1.54, 1.807) is 11.6 Å². The highest BCUT2D eigenvalue weighted by Gasteiger charge is 2.35. The maximum absolute atomic E-state index is 13.4. The second kappa shape index (κ2) is 8.84. The van der Waals surface area contributed by atoms with Crippen molar-refractivity contribution in [2.75, 3.05) is 34.9 Å². The lowest BCUT2D eigenvalue weighted by Crippen LogP contribution is -2.17. The van der Waals surface area contributed by atoms with Crippen LogP contribution in [0, 0.1) is 0 Å². The first kappa shape index (κ1) is 23.1. The average Bonchev–Trinajstić information content (AvgIpc) is 2.82. The number of hydrogen-bond donors (Lipinski definition) is 0. The zero-order chi connectivity index (χ0) is 19.6. The van der Waals surface area contributed by atoms with Crippen LogP contribution in [0.15, 0.2) is 12.1 Å². The first-order valence-corrected chi connectivity index (χ1v) is 8.07. The number of carbonyl (C=O) groups is 1. The molecule has 27 heavy (non-hydrogen) atoms. The van der Waals surface area contributed by atoms with Gasteiger partial charge in [-0.3, -0.25) is 4.79 Å². The number of alkyl halides is 3. The monoisotopic (exact) mass is 408 g/mol. The molecule has 0 saturated heterocycles. The summed E-state index contributed by atoms with van der Waals surface area (Å²) in [6, 6.07) is 2.43. The molecule has 0 radical (unpaired) electrons. The van der Waals surface area contributed by atoms with E-state index in [-0.39, 0.29) is 24.6 Å². The van der Waals surface area contributed by atoms with Crippen molar-refractivity contribution in [3.63, 3.8) is 0 Å². The third-order valence-electron chi connectivity index (χ3n) is 4.41. The van der Waals surface area contributed by atoms with Gasteiger partial charge in [0.05, 0.1) is 26.2 Å². The first-order valence-electron chi connectivity index (χ1n) is 8.07. The summed E-state index contributed by atoms with van der Waals surface area (Å²) in [6.45, 7) is 0.696. The second-order valence-electron chi connectivity index (χ2n) is 6.36. The molecule has 0 aliphatic carbocycles. The fourth-order valence-corrected chi connectivity index (χ4v) is 3.04. The summed E-state index contributed by atoms with van der Waals surface area (Å²) >= 11 is 0. The quantitative estimate of drug-likeness (QED) is 0.687. The molecule has 0 N–H and O–H groups in total. The van der Waals surface area contributed by atoms with Crippen LogP contribution in [0.5, 0.6) is 5.75 Å². The number of carbonyl (C=O) groups excluding carboxylic acids is 1. The van der Waals surface area contributed by atoms with Crippen LogP contribution in [-0.4, -0.2) is 50.3 Å². The number of halogens is 4. The van der Waals surface area contributed by atoms with Gasteiger partial charge in [0, 0.05) is 36.6 Å². The standard InChI is InChI=1S/C18H23F3N2O3.ClH/c1-22(2)7-6-14-12(9-17(24)26-5)11-8-16(25-4)13(18(19,20)21)10-15(11)23(14)3;/h8,10H,6-7,9H2,1-5H3;1H. The third kappa shape index (κ3) is 4.87. The highest BCUT2D eigenvalue weighted by Crippen LogP contribution is 2.40. The molecule has 0 aliphatic rings. The number of aryl methyl sites for hydroxylation is 1. The number of ether oxygens (including phenoxy) is 2. The van der Waals surface area contributed by atoms with Gasteiger partial charge in [-0.25, -0.2) is 0 Å². The summed E-state index contributed by atoms with van der Waals surface area (Å²) < 4.78 is 51.5. The van der Waals surface area contributed by atoms with E-state index in [0.717, 1.165) is 11.8 Å². The van der Waals surface area contributed by atoms with Gasteiger partial charge in [-0.05, 0) is 31.8 Å². The van der Waals surface area contributed by atoms with Gasteiger partial charge in [0.25, 0.3) is 0 Å². The zero-order valence-corrected chi connectivity index (χ0v) is 16.8. The number of aromatic nitrogens is 1. The number of hydrogen-bond acceptors (Lipinski definition) is 4. The molecule has 0 unspecified atom stereocenters. The Bertz CT molecular complexity index is 817. The molecule has 0 spiro atoms. The molecular weight excluding hydrogens is 385 g/mol. The maximum atomic E-state index is 13.4. The molecule has 0 bridgehead atoms. The third-order valence-corrected chi connectivity index (χ3v) is 4.41. The molecule has 152 valence electrons. The maximum Gasteiger partial charge on any atom is 0.420 e. The normalized spacial score (nSPS) is 11.6. The van der Waals surface area contributed by atoms with Crippen molar-refractivity contribution in [2.45, 2.75) is 19.0 Å². The van der Waals surface area contributed by atoms with Crippen molar-refractivity contribution < 1.29 is 27.4 Å². The van der Waals surface area contributed by atoms with E-state index in [2.05, 4.69) is 0 Å². The van der Waals surface area contributed by atoms with E-state index in [1.807, 2.05) is 19.0 Å². The van der Waals surface area contributed by atoms with Crippen molar-refractivity contribution in [3.05, 3.63) is 29.0 Å². The lowest BCUT2D eigenvalue weighted by atomic mass is 10.0. The minimum atomic E-state index is -4.53. The molecule has 0 atom stereocenters. The molecule has 1 aromatic heterocycles. The Morgan fingerprint density at radius 3 is 2.33 bits per heavy atom. The van der Waals surface area contributed by atoms with E-state index in [0.29, 0.717) is 29.4 Å². The minimum Gasteiger partial charge on any atom is -0.496 e. The van der Waals surface area contributed by atoms with E-state index >= 15 is 0 Å². The topological polar surface area (TPSA) is 43.7 Å². The summed E-state index contributed by atoms with van der Waals surface area (Å²) in [5, 5.41) is 0.566. The van der Waals surface area contributed by atoms with Gasteiger partial charge in [-0.1, -0.05) is 0 Å². The van der Waals surface area contributed by atoms with Crippen molar-refractivity contribution >= 4 is 29.3 Å². The molecule has 0 saturated carbocycles. The van der Waals surface area contributed by atoms with Crippen LogP contribution in [0.3, 0.4) is 0 Å². The first-order chi connectivity index (χ1) is 12.1.